The van der Waals surface area contributed by atoms with Gasteiger partial charge in [-0.15, -0.1) is 11.8 Å². The van der Waals surface area contributed by atoms with Crippen molar-refractivity contribution in [3.8, 4) is 0 Å². The molecule has 3 aromatic carbocycles. The zero-order valence-corrected chi connectivity index (χ0v) is 18.8. The Labute approximate surface area is 187 Å². The Balaban J connectivity index is 1.69. The van der Waals surface area contributed by atoms with Crippen LogP contribution in [0.3, 0.4) is 0 Å². The summed E-state index contributed by atoms with van der Waals surface area (Å²) in [5, 5.41) is 3.07. The fourth-order valence-corrected chi connectivity index (χ4v) is 4.48. The van der Waals surface area contributed by atoms with Gasteiger partial charge in [0, 0.05) is 29.1 Å². The van der Waals surface area contributed by atoms with E-state index in [9.17, 15) is 9.59 Å². The molecule has 0 spiro atoms. The molecule has 3 aromatic rings. The van der Waals surface area contributed by atoms with E-state index < -0.39 is 5.54 Å². The Hall–Kier alpha value is -3.05. The third-order valence-electron chi connectivity index (χ3n) is 5.87. The van der Waals surface area contributed by atoms with Crippen molar-refractivity contribution in [2.24, 2.45) is 0 Å². The van der Waals surface area contributed by atoms with Gasteiger partial charge in [0.05, 0.1) is 0 Å². The topological polar surface area (TPSA) is 49.4 Å². The molecule has 4 nitrogen and oxygen atoms in total. The molecule has 2 amide bonds. The van der Waals surface area contributed by atoms with Crippen LogP contribution in [0.1, 0.15) is 34.0 Å². The molecule has 0 aliphatic carbocycles. The van der Waals surface area contributed by atoms with Crippen LogP contribution < -0.4 is 10.2 Å². The molecule has 4 rings (SSSR count). The first-order valence-corrected chi connectivity index (χ1v) is 11.6. The number of thioether (sulfide) groups is 1. The van der Waals surface area contributed by atoms with Crippen molar-refractivity contribution in [1.82, 2.24) is 5.32 Å². The largest absolute Gasteiger partial charge is 0.350 e. The lowest BCUT2D eigenvalue weighted by molar-refractivity contribution is -0.126. The average Bonchev–Trinajstić information content (AvgIpc) is 2.79. The van der Waals surface area contributed by atoms with E-state index in [4.69, 9.17) is 0 Å². The number of amides is 2. The highest BCUT2D eigenvalue weighted by Crippen LogP contribution is 2.36. The van der Waals surface area contributed by atoms with Crippen molar-refractivity contribution in [1.29, 1.82) is 0 Å². The van der Waals surface area contributed by atoms with Gasteiger partial charge >= 0.3 is 0 Å². The van der Waals surface area contributed by atoms with E-state index in [0.717, 1.165) is 21.7 Å². The second-order valence-corrected chi connectivity index (χ2v) is 8.99. The van der Waals surface area contributed by atoms with E-state index in [-0.39, 0.29) is 11.8 Å². The molecule has 1 heterocycles. The smallest absolute Gasteiger partial charge is 0.259 e. The molecule has 158 valence electrons. The van der Waals surface area contributed by atoms with Gasteiger partial charge in [-0.25, -0.2) is 0 Å². The Bertz CT molecular complexity index is 1110. The van der Waals surface area contributed by atoms with Crippen LogP contribution in [-0.4, -0.2) is 23.6 Å². The van der Waals surface area contributed by atoms with Gasteiger partial charge in [0.15, 0.2) is 0 Å². The summed E-state index contributed by atoms with van der Waals surface area (Å²) < 4.78 is 0. The number of anilines is 1. The second kappa shape index (κ2) is 8.60. The number of rotatable bonds is 5. The first-order chi connectivity index (χ1) is 14.9. The second-order valence-electron chi connectivity index (χ2n) is 8.11. The lowest BCUT2D eigenvalue weighted by atomic mass is 9.82. The first-order valence-electron chi connectivity index (χ1n) is 10.3. The monoisotopic (exact) mass is 430 g/mol. The zero-order valence-electron chi connectivity index (χ0n) is 18.0. The molecule has 5 heteroatoms. The lowest BCUT2D eigenvalue weighted by Crippen LogP contribution is -2.63. The fourth-order valence-electron chi connectivity index (χ4n) is 4.07. The number of nitrogens with zero attached hydrogens (tertiary/aromatic N) is 1. The van der Waals surface area contributed by atoms with Crippen LogP contribution in [0.25, 0.3) is 0 Å². The van der Waals surface area contributed by atoms with Gasteiger partial charge in [0.25, 0.3) is 5.91 Å². The normalized spacial score (nSPS) is 17.9. The third kappa shape index (κ3) is 4.10. The van der Waals surface area contributed by atoms with Gasteiger partial charge in [-0.1, -0.05) is 48.0 Å². The van der Waals surface area contributed by atoms with E-state index in [2.05, 4.69) is 5.32 Å². The van der Waals surface area contributed by atoms with E-state index in [1.165, 1.54) is 5.56 Å². The van der Waals surface area contributed by atoms with E-state index in [1.807, 2.05) is 92.9 Å². The van der Waals surface area contributed by atoms with Crippen molar-refractivity contribution in [3.63, 3.8) is 0 Å². The summed E-state index contributed by atoms with van der Waals surface area (Å²) in [6.45, 7) is 4.31. The number of fused-ring (bicyclic) bond motifs is 1. The molecule has 1 aliphatic heterocycles. The van der Waals surface area contributed by atoms with Crippen LogP contribution >= 0.6 is 11.8 Å². The van der Waals surface area contributed by atoms with Gasteiger partial charge in [0.1, 0.15) is 5.54 Å². The minimum Gasteiger partial charge on any atom is -0.350 e. The minimum atomic E-state index is -1.03. The lowest BCUT2D eigenvalue weighted by Gasteiger charge is -2.44. The number of nitrogens with one attached hydrogen (secondary N) is 1. The Morgan fingerprint density at radius 2 is 1.71 bits per heavy atom. The molecule has 0 aromatic heterocycles. The standard InChI is InChI=1S/C26H26N2O2S/c1-18-8-10-19(11-9-18)17-27-25(30)26(2)16-20-6-4-5-7-23(20)24(29)28(26)21-12-14-22(31-3)15-13-21/h4-15H,16-17H2,1-3H3,(H,27,30). The number of aryl methyl sites for hydroxylation is 1. The van der Waals surface area contributed by atoms with Crippen molar-refractivity contribution >= 4 is 29.3 Å². The Kier molecular flexibility index (Phi) is 5.88. The molecule has 0 saturated heterocycles. The summed E-state index contributed by atoms with van der Waals surface area (Å²) in [5.41, 5.74) is 3.46. The number of hydrogen-bond donors (Lipinski definition) is 1. The maximum atomic E-state index is 13.5. The van der Waals surface area contributed by atoms with E-state index in [1.54, 1.807) is 16.7 Å². The van der Waals surface area contributed by atoms with Crippen molar-refractivity contribution in [2.75, 3.05) is 11.2 Å². The van der Waals surface area contributed by atoms with Crippen molar-refractivity contribution in [2.45, 2.75) is 37.2 Å². The zero-order chi connectivity index (χ0) is 22.0. The van der Waals surface area contributed by atoms with Crippen LogP contribution in [0.4, 0.5) is 5.69 Å². The predicted octanol–water partition coefficient (Wildman–Crippen LogP) is 4.99. The van der Waals surface area contributed by atoms with Crippen molar-refractivity contribution < 1.29 is 9.59 Å². The first kappa shape index (κ1) is 21.2. The predicted molar refractivity (Wildman–Crippen MR) is 127 cm³/mol. The van der Waals surface area contributed by atoms with Crippen LogP contribution in [0.5, 0.6) is 0 Å². The Morgan fingerprint density at radius 3 is 2.39 bits per heavy atom. The maximum Gasteiger partial charge on any atom is 0.259 e. The van der Waals surface area contributed by atoms with Crippen LogP contribution in [0.15, 0.2) is 77.7 Å². The molecule has 0 saturated carbocycles. The molecule has 0 bridgehead atoms. The number of carbonyl (C=O) groups excluding carboxylic acids is 2. The molecule has 1 atom stereocenters. The average molecular weight is 431 g/mol. The van der Waals surface area contributed by atoms with Crippen LogP contribution in [0, 0.1) is 6.92 Å². The number of benzene rings is 3. The Morgan fingerprint density at radius 1 is 1.03 bits per heavy atom. The summed E-state index contributed by atoms with van der Waals surface area (Å²) in [6.07, 6.45) is 2.47. The fraction of sp³-hybridized carbons (Fsp3) is 0.231. The molecular formula is C26H26N2O2S. The quantitative estimate of drug-likeness (QED) is 0.580. The highest BCUT2D eigenvalue weighted by Gasteiger charge is 2.47. The van der Waals surface area contributed by atoms with Gasteiger partial charge < -0.3 is 5.32 Å². The minimum absolute atomic E-state index is 0.147. The molecule has 1 aliphatic rings. The number of hydrogen-bond acceptors (Lipinski definition) is 3. The third-order valence-corrected chi connectivity index (χ3v) is 6.62. The van der Waals surface area contributed by atoms with Gasteiger partial charge in [-0.05, 0) is 61.6 Å². The van der Waals surface area contributed by atoms with E-state index >= 15 is 0 Å². The molecule has 0 fully saturated rings. The SMILES string of the molecule is CSc1ccc(N2C(=O)c3ccccc3CC2(C)C(=O)NCc2ccc(C)cc2)cc1. The summed E-state index contributed by atoms with van der Waals surface area (Å²) >= 11 is 1.64. The molecule has 1 unspecified atom stereocenters. The summed E-state index contributed by atoms with van der Waals surface area (Å²) in [7, 11) is 0. The molecule has 0 radical (unpaired) electrons. The van der Waals surface area contributed by atoms with Gasteiger partial charge in [-0.3, -0.25) is 14.5 Å². The van der Waals surface area contributed by atoms with Gasteiger partial charge in [-0.2, -0.15) is 0 Å². The van der Waals surface area contributed by atoms with Gasteiger partial charge in [0.2, 0.25) is 5.91 Å². The molecule has 1 N–H and O–H groups in total. The molecule has 31 heavy (non-hydrogen) atoms. The van der Waals surface area contributed by atoms with E-state index in [0.29, 0.717) is 18.5 Å². The van der Waals surface area contributed by atoms with Crippen molar-refractivity contribution in [3.05, 3.63) is 95.1 Å². The summed E-state index contributed by atoms with van der Waals surface area (Å²) in [4.78, 5) is 29.8. The highest BCUT2D eigenvalue weighted by molar-refractivity contribution is 7.98. The van der Waals surface area contributed by atoms with Crippen LogP contribution in [-0.2, 0) is 17.8 Å². The summed E-state index contributed by atoms with van der Waals surface area (Å²) in [6, 6.07) is 23.5. The highest BCUT2D eigenvalue weighted by atomic mass is 32.2. The molecular weight excluding hydrogens is 404 g/mol. The van der Waals surface area contributed by atoms with Crippen LogP contribution in [0.2, 0.25) is 0 Å². The number of carbonyl (C=O) groups is 2. The maximum absolute atomic E-state index is 13.5. The summed E-state index contributed by atoms with van der Waals surface area (Å²) in [5.74, 6) is -0.309.